The SMILES string of the molecule is CCc1c(F)cncc1-c1cccnc1. The van der Waals surface area contributed by atoms with Crippen LogP contribution in [0.15, 0.2) is 36.9 Å². The van der Waals surface area contributed by atoms with Gasteiger partial charge in [0, 0.05) is 29.7 Å². The smallest absolute Gasteiger partial charge is 0.145 e. The van der Waals surface area contributed by atoms with Crippen molar-refractivity contribution in [2.75, 3.05) is 0 Å². The Hall–Kier alpha value is -1.77. The number of nitrogens with zero attached hydrogens (tertiary/aromatic N) is 2. The molecular weight excluding hydrogens is 191 g/mol. The fourth-order valence-electron chi connectivity index (χ4n) is 1.59. The number of halogens is 1. The van der Waals surface area contributed by atoms with Crippen LogP contribution in [-0.2, 0) is 6.42 Å². The van der Waals surface area contributed by atoms with E-state index in [-0.39, 0.29) is 5.82 Å². The first-order chi connectivity index (χ1) is 7.33. The lowest BCUT2D eigenvalue weighted by Gasteiger charge is -2.07. The maximum Gasteiger partial charge on any atom is 0.145 e. The Morgan fingerprint density at radius 2 is 2.07 bits per heavy atom. The van der Waals surface area contributed by atoms with Crippen LogP contribution in [0, 0.1) is 5.82 Å². The molecule has 0 atom stereocenters. The van der Waals surface area contributed by atoms with E-state index >= 15 is 0 Å². The van der Waals surface area contributed by atoms with Crippen LogP contribution in [0.3, 0.4) is 0 Å². The molecule has 2 aromatic rings. The van der Waals surface area contributed by atoms with E-state index in [1.165, 1.54) is 6.20 Å². The van der Waals surface area contributed by atoms with Crippen LogP contribution >= 0.6 is 0 Å². The lowest BCUT2D eigenvalue weighted by molar-refractivity contribution is 0.606. The summed E-state index contributed by atoms with van der Waals surface area (Å²) in [6, 6.07) is 3.74. The molecule has 15 heavy (non-hydrogen) atoms. The molecule has 0 fully saturated rings. The Labute approximate surface area is 87.8 Å². The van der Waals surface area contributed by atoms with Gasteiger partial charge in [-0.2, -0.15) is 0 Å². The Bertz CT molecular complexity index is 454. The van der Waals surface area contributed by atoms with E-state index in [9.17, 15) is 4.39 Å². The fourth-order valence-corrected chi connectivity index (χ4v) is 1.59. The van der Waals surface area contributed by atoms with Crippen molar-refractivity contribution < 1.29 is 4.39 Å². The molecule has 0 bridgehead atoms. The van der Waals surface area contributed by atoms with E-state index in [1.807, 2.05) is 19.1 Å². The molecule has 0 spiro atoms. The standard InChI is InChI=1S/C12H11FN2/c1-2-10-11(7-15-8-12(10)13)9-4-3-5-14-6-9/h3-8H,2H2,1H3. The summed E-state index contributed by atoms with van der Waals surface area (Å²) in [5, 5.41) is 0. The van der Waals surface area contributed by atoms with Crippen LogP contribution in [0.4, 0.5) is 4.39 Å². The van der Waals surface area contributed by atoms with Gasteiger partial charge in [0.15, 0.2) is 0 Å². The molecule has 0 unspecified atom stereocenters. The van der Waals surface area contributed by atoms with E-state index < -0.39 is 0 Å². The third-order valence-electron chi connectivity index (χ3n) is 2.33. The van der Waals surface area contributed by atoms with Gasteiger partial charge >= 0.3 is 0 Å². The first-order valence-electron chi connectivity index (χ1n) is 4.85. The van der Waals surface area contributed by atoms with Crippen molar-refractivity contribution in [2.45, 2.75) is 13.3 Å². The molecule has 2 heterocycles. The number of rotatable bonds is 2. The summed E-state index contributed by atoms with van der Waals surface area (Å²) in [5.74, 6) is -0.251. The molecule has 3 heteroatoms. The highest BCUT2D eigenvalue weighted by Crippen LogP contribution is 2.24. The molecule has 0 saturated carbocycles. The molecular formula is C12H11FN2. The van der Waals surface area contributed by atoms with Gasteiger partial charge in [0.1, 0.15) is 5.82 Å². The van der Waals surface area contributed by atoms with E-state index in [0.717, 1.165) is 11.1 Å². The third kappa shape index (κ3) is 1.86. The van der Waals surface area contributed by atoms with E-state index in [4.69, 9.17) is 0 Å². The lowest BCUT2D eigenvalue weighted by Crippen LogP contribution is -1.94. The number of pyridine rings is 2. The number of hydrogen-bond donors (Lipinski definition) is 0. The highest BCUT2D eigenvalue weighted by Gasteiger charge is 2.08. The number of aromatic nitrogens is 2. The van der Waals surface area contributed by atoms with Gasteiger partial charge in [-0.25, -0.2) is 4.39 Å². The third-order valence-corrected chi connectivity index (χ3v) is 2.33. The van der Waals surface area contributed by atoms with Crippen molar-refractivity contribution in [1.29, 1.82) is 0 Å². The predicted octanol–water partition coefficient (Wildman–Crippen LogP) is 2.85. The van der Waals surface area contributed by atoms with Gasteiger partial charge in [0.25, 0.3) is 0 Å². The zero-order chi connectivity index (χ0) is 10.7. The second-order valence-corrected chi connectivity index (χ2v) is 3.24. The fraction of sp³-hybridized carbons (Fsp3) is 0.167. The normalized spacial score (nSPS) is 10.3. The van der Waals surface area contributed by atoms with Crippen molar-refractivity contribution in [2.24, 2.45) is 0 Å². The topological polar surface area (TPSA) is 25.8 Å². The molecule has 2 nitrogen and oxygen atoms in total. The Kier molecular flexibility index (Phi) is 2.72. The summed E-state index contributed by atoms with van der Waals surface area (Å²) >= 11 is 0. The molecule has 0 N–H and O–H groups in total. The van der Waals surface area contributed by atoms with Crippen LogP contribution < -0.4 is 0 Å². The van der Waals surface area contributed by atoms with Gasteiger partial charge in [0.2, 0.25) is 0 Å². The first-order valence-corrected chi connectivity index (χ1v) is 4.85. The minimum absolute atomic E-state index is 0.251. The average Bonchev–Trinajstić information content (AvgIpc) is 2.30. The zero-order valence-electron chi connectivity index (χ0n) is 8.44. The maximum atomic E-state index is 13.5. The molecule has 0 aliphatic rings. The molecule has 0 radical (unpaired) electrons. The van der Waals surface area contributed by atoms with Gasteiger partial charge in [-0.1, -0.05) is 13.0 Å². The summed E-state index contributed by atoms with van der Waals surface area (Å²) in [6.07, 6.45) is 6.99. The summed E-state index contributed by atoms with van der Waals surface area (Å²) in [6.45, 7) is 1.93. The second-order valence-electron chi connectivity index (χ2n) is 3.24. The minimum Gasteiger partial charge on any atom is -0.264 e. The predicted molar refractivity (Wildman–Crippen MR) is 56.8 cm³/mol. The van der Waals surface area contributed by atoms with Crippen molar-refractivity contribution in [3.63, 3.8) is 0 Å². The van der Waals surface area contributed by atoms with Crippen LogP contribution in [0.5, 0.6) is 0 Å². The molecule has 0 aromatic carbocycles. The van der Waals surface area contributed by atoms with Crippen molar-refractivity contribution in [1.82, 2.24) is 9.97 Å². The molecule has 76 valence electrons. The van der Waals surface area contributed by atoms with Crippen molar-refractivity contribution in [3.05, 3.63) is 48.3 Å². The average molecular weight is 202 g/mol. The van der Waals surface area contributed by atoms with Crippen LogP contribution in [-0.4, -0.2) is 9.97 Å². The van der Waals surface area contributed by atoms with Gasteiger partial charge < -0.3 is 0 Å². The van der Waals surface area contributed by atoms with E-state index in [2.05, 4.69) is 9.97 Å². The molecule has 2 rings (SSSR count). The lowest BCUT2D eigenvalue weighted by atomic mass is 10.0. The van der Waals surface area contributed by atoms with Crippen molar-refractivity contribution >= 4 is 0 Å². The van der Waals surface area contributed by atoms with E-state index in [0.29, 0.717) is 12.0 Å². The molecule has 0 amide bonds. The second kappa shape index (κ2) is 4.17. The number of hydrogen-bond acceptors (Lipinski definition) is 2. The highest BCUT2D eigenvalue weighted by molar-refractivity contribution is 5.65. The summed E-state index contributed by atoms with van der Waals surface area (Å²) in [5.41, 5.74) is 2.42. The quantitative estimate of drug-likeness (QED) is 0.748. The van der Waals surface area contributed by atoms with Gasteiger partial charge in [-0.15, -0.1) is 0 Å². The minimum atomic E-state index is -0.251. The van der Waals surface area contributed by atoms with Crippen molar-refractivity contribution in [3.8, 4) is 11.1 Å². The first kappa shape index (κ1) is 9.77. The van der Waals surface area contributed by atoms with Gasteiger partial charge in [-0.05, 0) is 18.1 Å². The van der Waals surface area contributed by atoms with Gasteiger partial charge in [-0.3, -0.25) is 9.97 Å². The molecule has 0 aliphatic carbocycles. The maximum absolute atomic E-state index is 13.5. The Morgan fingerprint density at radius 3 is 2.73 bits per heavy atom. The monoisotopic (exact) mass is 202 g/mol. The molecule has 2 aromatic heterocycles. The van der Waals surface area contributed by atoms with Crippen LogP contribution in [0.1, 0.15) is 12.5 Å². The molecule has 0 aliphatic heterocycles. The molecule has 0 saturated heterocycles. The van der Waals surface area contributed by atoms with Crippen LogP contribution in [0.25, 0.3) is 11.1 Å². The van der Waals surface area contributed by atoms with E-state index in [1.54, 1.807) is 18.6 Å². The Balaban J connectivity index is 2.58. The highest BCUT2D eigenvalue weighted by atomic mass is 19.1. The Morgan fingerprint density at radius 1 is 1.20 bits per heavy atom. The largest absolute Gasteiger partial charge is 0.264 e. The van der Waals surface area contributed by atoms with Gasteiger partial charge in [0.05, 0.1) is 6.20 Å². The summed E-state index contributed by atoms with van der Waals surface area (Å²) in [4.78, 5) is 7.88. The summed E-state index contributed by atoms with van der Waals surface area (Å²) < 4.78 is 13.5. The zero-order valence-corrected chi connectivity index (χ0v) is 8.44. The summed E-state index contributed by atoms with van der Waals surface area (Å²) in [7, 11) is 0. The van der Waals surface area contributed by atoms with Crippen LogP contribution in [0.2, 0.25) is 0 Å².